The highest BCUT2D eigenvalue weighted by atomic mass is 35.5. The Labute approximate surface area is 201 Å². The van der Waals surface area contributed by atoms with Gasteiger partial charge < -0.3 is 14.6 Å². The molecule has 1 aromatic heterocycles. The quantitative estimate of drug-likeness (QED) is 0.350. The zero-order valence-corrected chi connectivity index (χ0v) is 20.5. The van der Waals surface area contributed by atoms with Gasteiger partial charge in [0.1, 0.15) is 5.75 Å². The number of benzene rings is 2. The van der Waals surface area contributed by atoms with Crippen molar-refractivity contribution in [3.05, 3.63) is 70.9 Å². The van der Waals surface area contributed by atoms with Crippen LogP contribution in [0.25, 0.3) is 5.69 Å². The van der Waals surface area contributed by atoms with Crippen molar-refractivity contribution in [3.8, 4) is 17.3 Å². The number of methoxy groups -OCH3 is 1. The van der Waals surface area contributed by atoms with E-state index < -0.39 is 0 Å². The van der Waals surface area contributed by atoms with Crippen molar-refractivity contribution in [2.24, 2.45) is 0 Å². The highest BCUT2D eigenvalue weighted by molar-refractivity contribution is 6.32. The van der Waals surface area contributed by atoms with Crippen LogP contribution in [0.2, 0.25) is 5.02 Å². The molecule has 2 aromatic carbocycles. The molecule has 0 bridgehead atoms. The summed E-state index contributed by atoms with van der Waals surface area (Å²) < 4.78 is 13.5. The van der Waals surface area contributed by atoms with Crippen LogP contribution in [0.3, 0.4) is 0 Å². The van der Waals surface area contributed by atoms with Crippen LogP contribution in [0, 0.1) is 6.92 Å². The Kier molecular flexibility index (Phi) is 9.76. The number of hydrogen-bond acceptors (Lipinski definition) is 5. The third-order valence-electron chi connectivity index (χ3n) is 5.53. The molecule has 7 heteroatoms. The van der Waals surface area contributed by atoms with Gasteiger partial charge in [-0.25, -0.2) is 4.68 Å². The number of aliphatic hydroxyl groups excluding tert-OH is 1. The van der Waals surface area contributed by atoms with Crippen molar-refractivity contribution in [2.75, 3.05) is 26.8 Å². The Morgan fingerprint density at radius 3 is 2.55 bits per heavy atom. The Hall–Kier alpha value is -2.38. The zero-order valence-electron chi connectivity index (χ0n) is 19.7. The van der Waals surface area contributed by atoms with Gasteiger partial charge in [0, 0.05) is 26.7 Å². The van der Waals surface area contributed by atoms with E-state index >= 15 is 0 Å². The van der Waals surface area contributed by atoms with E-state index in [4.69, 9.17) is 26.2 Å². The first kappa shape index (κ1) is 25.2. The SMILES string of the molecule is CCCC[C@H](O)CN(CCOC)Cc1c(C)nn(-c2ccccc2)c1Oc1ccccc1Cl. The van der Waals surface area contributed by atoms with Crippen LogP contribution in [-0.4, -0.2) is 52.7 Å². The fourth-order valence-electron chi connectivity index (χ4n) is 3.71. The molecule has 0 aliphatic heterocycles. The summed E-state index contributed by atoms with van der Waals surface area (Å²) in [6.45, 7) is 6.52. The summed E-state index contributed by atoms with van der Waals surface area (Å²) in [6, 6.07) is 17.3. The van der Waals surface area contributed by atoms with Gasteiger partial charge in [0.25, 0.3) is 0 Å². The molecule has 0 amide bonds. The highest BCUT2D eigenvalue weighted by Gasteiger charge is 2.23. The van der Waals surface area contributed by atoms with E-state index in [1.807, 2.05) is 66.2 Å². The number of para-hydroxylation sites is 2. The van der Waals surface area contributed by atoms with Crippen LogP contribution < -0.4 is 4.74 Å². The molecule has 3 aromatic rings. The summed E-state index contributed by atoms with van der Waals surface area (Å²) in [5, 5.41) is 15.9. The molecule has 178 valence electrons. The molecule has 0 aliphatic carbocycles. The molecule has 6 nitrogen and oxygen atoms in total. The zero-order chi connectivity index (χ0) is 23.6. The van der Waals surface area contributed by atoms with Gasteiger partial charge in [-0.2, -0.15) is 5.10 Å². The van der Waals surface area contributed by atoms with Crippen LogP contribution in [-0.2, 0) is 11.3 Å². The third kappa shape index (κ3) is 7.05. The van der Waals surface area contributed by atoms with E-state index in [2.05, 4.69) is 11.8 Å². The first-order chi connectivity index (χ1) is 16.0. The van der Waals surface area contributed by atoms with Crippen molar-refractivity contribution in [2.45, 2.75) is 45.8 Å². The van der Waals surface area contributed by atoms with E-state index in [9.17, 15) is 5.11 Å². The molecule has 33 heavy (non-hydrogen) atoms. The first-order valence-electron chi connectivity index (χ1n) is 11.5. The number of ether oxygens (including phenoxy) is 2. The largest absolute Gasteiger partial charge is 0.437 e. The van der Waals surface area contributed by atoms with Crippen LogP contribution in [0.4, 0.5) is 0 Å². The van der Waals surface area contributed by atoms with E-state index in [0.29, 0.717) is 42.9 Å². The lowest BCUT2D eigenvalue weighted by atomic mass is 10.1. The number of aromatic nitrogens is 2. The molecular weight excluding hydrogens is 438 g/mol. The van der Waals surface area contributed by atoms with Crippen LogP contribution in [0.5, 0.6) is 11.6 Å². The Morgan fingerprint density at radius 1 is 1.12 bits per heavy atom. The summed E-state index contributed by atoms with van der Waals surface area (Å²) in [4.78, 5) is 2.20. The predicted molar refractivity (Wildman–Crippen MR) is 133 cm³/mol. The molecule has 1 N–H and O–H groups in total. The normalized spacial score (nSPS) is 12.3. The number of halogens is 1. The van der Waals surface area contributed by atoms with Gasteiger partial charge in [0.2, 0.25) is 5.88 Å². The molecule has 3 rings (SSSR count). The fourth-order valence-corrected chi connectivity index (χ4v) is 3.88. The van der Waals surface area contributed by atoms with Gasteiger partial charge >= 0.3 is 0 Å². The number of aliphatic hydroxyl groups is 1. The minimum absolute atomic E-state index is 0.390. The lowest BCUT2D eigenvalue weighted by Crippen LogP contribution is -2.34. The summed E-state index contributed by atoms with van der Waals surface area (Å²) in [5.41, 5.74) is 2.73. The summed E-state index contributed by atoms with van der Waals surface area (Å²) in [5.74, 6) is 1.20. The second kappa shape index (κ2) is 12.8. The van der Waals surface area contributed by atoms with Gasteiger partial charge in [-0.15, -0.1) is 0 Å². The average molecular weight is 472 g/mol. The summed E-state index contributed by atoms with van der Waals surface area (Å²) >= 11 is 6.41. The molecular formula is C26H34ClN3O3. The minimum Gasteiger partial charge on any atom is -0.437 e. The van der Waals surface area contributed by atoms with E-state index in [1.54, 1.807) is 7.11 Å². The van der Waals surface area contributed by atoms with E-state index in [1.165, 1.54) is 0 Å². The number of hydrogen-bond donors (Lipinski definition) is 1. The lowest BCUT2D eigenvalue weighted by molar-refractivity contribution is 0.0786. The van der Waals surface area contributed by atoms with Crippen molar-refractivity contribution >= 4 is 11.6 Å². The average Bonchev–Trinajstić information content (AvgIpc) is 3.13. The van der Waals surface area contributed by atoms with E-state index in [-0.39, 0.29) is 6.10 Å². The number of unbranched alkanes of at least 4 members (excludes halogenated alkanes) is 1. The summed E-state index contributed by atoms with van der Waals surface area (Å²) in [6.07, 6.45) is 2.46. The van der Waals surface area contributed by atoms with E-state index in [0.717, 1.165) is 36.2 Å². The van der Waals surface area contributed by atoms with Gasteiger partial charge in [-0.05, 0) is 37.6 Å². The second-order valence-corrected chi connectivity index (χ2v) is 8.58. The maximum Gasteiger partial charge on any atom is 0.227 e. The molecule has 0 spiro atoms. The topological polar surface area (TPSA) is 59.8 Å². The third-order valence-corrected chi connectivity index (χ3v) is 5.85. The maximum atomic E-state index is 10.6. The Morgan fingerprint density at radius 2 is 1.85 bits per heavy atom. The van der Waals surface area contributed by atoms with Crippen LogP contribution in [0.15, 0.2) is 54.6 Å². The van der Waals surface area contributed by atoms with Gasteiger partial charge in [-0.1, -0.05) is 61.7 Å². The van der Waals surface area contributed by atoms with Crippen LogP contribution >= 0.6 is 11.6 Å². The van der Waals surface area contributed by atoms with Crippen molar-refractivity contribution < 1.29 is 14.6 Å². The monoisotopic (exact) mass is 471 g/mol. The van der Waals surface area contributed by atoms with Gasteiger partial charge in [-0.3, -0.25) is 4.90 Å². The molecule has 0 saturated heterocycles. The molecule has 0 aliphatic rings. The minimum atomic E-state index is -0.390. The molecule has 1 atom stereocenters. The summed E-state index contributed by atoms with van der Waals surface area (Å²) in [7, 11) is 1.69. The second-order valence-electron chi connectivity index (χ2n) is 8.17. The molecule has 0 fully saturated rings. The first-order valence-corrected chi connectivity index (χ1v) is 11.9. The fraction of sp³-hybridized carbons (Fsp3) is 0.423. The molecule has 0 radical (unpaired) electrons. The van der Waals surface area contributed by atoms with Crippen molar-refractivity contribution in [1.82, 2.24) is 14.7 Å². The number of nitrogens with zero attached hydrogens (tertiary/aromatic N) is 3. The highest BCUT2D eigenvalue weighted by Crippen LogP contribution is 2.34. The smallest absolute Gasteiger partial charge is 0.227 e. The molecule has 1 heterocycles. The standard InChI is InChI=1S/C26H34ClN3O3/c1-4-5-13-22(31)18-29(16-17-32-3)19-23-20(2)28-30(21-11-7-6-8-12-21)26(23)33-25-15-10-9-14-24(25)27/h6-12,14-15,22,31H,4-5,13,16-19H2,1-3H3/t22-/m0/s1. The van der Waals surface area contributed by atoms with Gasteiger partial charge in [0.05, 0.1) is 34.7 Å². The van der Waals surface area contributed by atoms with Crippen molar-refractivity contribution in [1.29, 1.82) is 0 Å². The van der Waals surface area contributed by atoms with Gasteiger partial charge in [0.15, 0.2) is 0 Å². The molecule has 0 unspecified atom stereocenters. The van der Waals surface area contributed by atoms with Crippen LogP contribution in [0.1, 0.15) is 37.4 Å². The predicted octanol–water partition coefficient (Wildman–Crippen LogP) is 5.63. The molecule has 0 saturated carbocycles. The van der Waals surface area contributed by atoms with Crippen molar-refractivity contribution in [3.63, 3.8) is 0 Å². The Bertz CT molecular complexity index is 994. The maximum absolute atomic E-state index is 10.6. The Balaban J connectivity index is 1.96. The number of aryl methyl sites for hydroxylation is 1. The number of rotatable bonds is 13. The lowest BCUT2D eigenvalue weighted by Gasteiger charge is -2.25.